The van der Waals surface area contributed by atoms with Crippen LogP contribution in [0.15, 0.2) is 78.9 Å². The van der Waals surface area contributed by atoms with Gasteiger partial charge in [0.25, 0.3) is 11.8 Å². The highest BCUT2D eigenvalue weighted by atomic mass is 16.5. The maximum absolute atomic E-state index is 12.5. The third kappa shape index (κ3) is 5.86. The van der Waals surface area contributed by atoms with Crippen molar-refractivity contribution in [2.24, 2.45) is 0 Å². The average Bonchev–Trinajstić information content (AvgIpc) is 2.85. The molecule has 3 aromatic carbocycles. The van der Waals surface area contributed by atoms with Crippen LogP contribution in [0.4, 0.5) is 5.69 Å². The number of rotatable bonds is 7. The second kappa shape index (κ2) is 10.5. The van der Waals surface area contributed by atoms with Crippen molar-refractivity contribution in [3.8, 4) is 17.2 Å². The van der Waals surface area contributed by atoms with Crippen LogP contribution < -0.4 is 14.8 Å². The number of carbonyl (C=O) groups excluding carboxylic acids is 2. The first-order valence-corrected chi connectivity index (χ1v) is 10.4. The van der Waals surface area contributed by atoms with E-state index in [2.05, 4.69) is 5.32 Å². The third-order valence-corrected chi connectivity index (χ3v) is 4.89. The molecule has 7 nitrogen and oxygen atoms in total. The van der Waals surface area contributed by atoms with E-state index in [1.807, 2.05) is 30.3 Å². The van der Waals surface area contributed by atoms with E-state index in [1.54, 1.807) is 53.4 Å². The molecule has 0 bridgehead atoms. The Morgan fingerprint density at radius 1 is 0.812 bits per heavy atom. The Morgan fingerprint density at radius 3 is 2.12 bits per heavy atom. The largest absolute Gasteiger partial charge is 0.484 e. The Labute approximate surface area is 186 Å². The summed E-state index contributed by atoms with van der Waals surface area (Å²) in [5.41, 5.74) is 1.23. The normalized spacial score (nSPS) is 13.3. The number of morpholine rings is 1. The molecule has 32 heavy (non-hydrogen) atoms. The van der Waals surface area contributed by atoms with Gasteiger partial charge in [-0.2, -0.15) is 0 Å². The van der Waals surface area contributed by atoms with Crippen molar-refractivity contribution in [3.05, 3.63) is 84.4 Å². The van der Waals surface area contributed by atoms with E-state index in [0.29, 0.717) is 49.1 Å². The zero-order chi connectivity index (χ0) is 22.2. The Balaban J connectivity index is 1.24. The van der Waals surface area contributed by atoms with Gasteiger partial charge in [-0.3, -0.25) is 9.59 Å². The lowest BCUT2D eigenvalue weighted by Crippen LogP contribution is -2.40. The van der Waals surface area contributed by atoms with Crippen molar-refractivity contribution in [3.63, 3.8) is 0 Å². The van der Waals surface area contributed by atoms with Gasteiger partial charge in [-0.1, -0.05) is 18.2 Å². The maximum Gasteiger partial charge on any atom is 0.262 e. The summed E-state index contributed by atoms with van der Waals surface area (Å²) in [7, 11) is 0. The van der Waals surface area contributed by atoms with Gasteiger partial charge in [-0.05, 0) is 60.7 Å². The number of anilines is 1. The number of amides is 2. The van der Waals surface area contributed by atoms with Gasteiger partial charge in [0, 0.05) is 24.3 Å². The summed E-state index contributed by atoms with van der Waals surface area (Å²) in [6.07, 6.45) is 0. The molecular weight excluding hydrogens is 408 g/mol. The van der Waals surface area contributed by atoms with Crippen LogP contribution in [0, 0.1) is 0 Å². The molecule has 4 rings (SSSR count). The number of para-hydroxylation sites is 1. The highest BCUT2D eigenvalue weighted by Gasteiger charge is 2.18. The van der Waals surface area contributed by atoms with Crippen LogP contribution in [0.25, 0.3) is 0 Å². The van der Waals surface area contributed by atoms with Crippen molar-refractivity contribution < 1.29 is 23.8 Å². The van der Waals surface area contributed by atoms with Crippen molar-refractivity contribution in [1.29, 1.82) is 0 Å². The summed E-state index contributed by atoms with van der Waals surface area (Å²) in [6.45, 7) is 2.17. The monoisotopic (exact) mass is 432 g/mol. The van der Waals surface area contributed by atoms with Crippen LogP contribution in [0.3, 0.4) is 0 Å². The maximum atomic E-state index is 12.5. The summed E-state index contributed by atoms with van der Waals surface area (Å²) >= 11 is 0. The molecule has 2 amide bonds. The minimum atomic E-state index is -0.282. The fourth-order valence-corrected chi connectivity index (χ4v) is 3.22. The lowest BCUT2D eigenvalue weighted by Gasteiger charge is -2.26. The minimum Gasteiger partial charge on any atom is -0.484 e. The topological polar surface area (TPSA) is 77.1 Å². The smallest absolute Gasteiger partial charge is 0.262 e. The van der Waals surface area contributed by atoms with E-state index < -0.39 is 0 Å². The second-order valence-electron chi connectivity index (χ2n) is 7.21. The van der Waals surface area contributed by atoms with Gasteiger partial charge in [0.15, 0.2) is 6.61 Å². The molecule has 0 unspecified atom stereocenters. The molecule has 0 aliphatic carbocycles. The number of hydrogen-bond acceptors (Lipinski definition) is 5. The zero-order valence-corrected chi connectivity index (χ0v) is 17.5. The van der Waals surface area contributed by atoms with Crippen molar-refractivity contribution in [1.82, 2.24) is 4.90 Å². The fourth-order valence-electron chi connectivity index (χ4n) is 3.22. The summed E-state index contributed by atoms with van der Waals surface area (Å²) < 4.78 is 16.6. The first kappa shape index (κ1) is 21.4. The van der Waals surface area contributed by atoms with Gasteiger partial charge in [0.1, 0.15) is 17.2 Å². The van der Waals surface area contributed by atoms with E-state index in [0.717, 1.165) is 5.75 Å². The number of benzene rings is 3. The Kier molecular flexibility index (Phi) is 6.99. The Hall–Kier alpha value is -3.84. The van der Waals surface area contributed by atoms with Crippen LogP contribution in [-0.4, -0.2) is 49.6 Å². The summed E-state index contributed by atoms with van der Waals surface area (Å²) in [6, 6.07) is 23.4. The van der Waals surface area contributed by atoms with E-state index in [4.69, 9.17) is 14.2 Å². The molecule has 1 N–H and O–H groups in total. The van der Waals surface area contributed by atoms with Crippen molar-refractivity contribution >= 4 is 17.5 Å². The van der Waals surface area contributed by atoms with Crippen molar-refractivity contribution in [2.75, 3.05) is 38.2 Å². The number of nitrogens with one attached hydrogen (secondary N) is 1. The predicted octanol–water partition coefficient (Wildman–Crippen LogP) is 3.97. The molecule has 0 saturated carbocycles. The van der Waals surface area contributed by atoms with Crippen LogP contribution in [-0.2, 0) is 9.53 Å². The average molecular weight is 432 g/mol. The summed E-state index contributed by atoms with van der Waals surface area (Å²) in [5, 5.41) is 2.78. The molecule has 0 spiro atoms. The van der Waals surface area contributed by atoms with E-state index in [9.17, 15) is 9.59 Å². The molecule has 0 atom stereocenters. The zero-order valence-electron chi connectivity index (χ0n) is 17.5. The predicted molar refractivity (Wildman–Crippen MR) is 120 cm³/mol. The van der Waals surface area contributed by atoms with Gasteiger partial charge < -0.3 is 24.4 Å². The molecule has 1 aliphatic heterocycles. The molecular formula is C25H24N2O5. The fraction of sp³-hybridized carbons (Fsp3) is 0.200. The second-order valence-corrected chi connectivity index (χ2v) is 7.21. The van der Waals surface area contributed by atoms with Crippen LogP contribution >= 0.6 is 0 Å². The molecule has 1 aliphatic rings. The standard InChI is InChI=1S/C25H24N2O5/c28-24(26-20-8-12-23(13-9-20)32-22-4-2-1-3-5-22)18-31-21-10-6-19(7-11-21)25(29)27-14-16-30-17-15-27/h1-13H,14-18H2,(H,26,28). The van der Waals surface area contributed by atoms with Gasteiger partial charge in [-0.15, -0.1) is 0 Å². The quantitative estimate of drug-likeness (QED) is 0.611. The third-order valence-electron chi connectivity index (χ3n) is 4.89. The van der Waals surface area contributed by atoms with Crippen LogP contribution in [0.2, 0.25) is 0 Å². The van der Waals surface area contributed by atoms with Crippen LogP contribution in [0.5, 0.6) is 17.2 Å². The summed E-state index contributed by atoms with van der Waals surface area (Å²) in [4.78, 5) is 26.4. The number of hydrogen-bond donors (Lipinski definition) is 1. The Morgan fingerprint density at radius 2 is 1.44 bits per heavy atom. The molecule has 0 radical (unpaired) electrons. The first-order chi connectivity index (χ1) is 15.7. The van der Waals surface area contributed by atoms with Gasteiger partial charge in [-0.25, -0.2) is 0 Å². The first-order valence-electron chi connectivity index (χ1n) is 10.4. The lowest BCUT2D eigenvalue weighted by atomic mass is 10.2. The summed E-state index contributed by atoms with van der Waals surface area (Å²) in [5.74, 6) is 1.63. The van der Waals surface area contributed by atoms with E-state index in [-0.39, 0.29) is 18.4 Å². The Bertz CT molecular complexity index is 1030. The van der Waals surface area contributed by atoms with Crippen LogP contribution in [0.1, 0.15) is 10.4 Å². The molecule has 0 aromatic heterocycles. The molecule has 1 fully saturated rings. The minimum absolute atomic E-state index is 0.0303. The number of nitrogens with zero attached hydrogens (tertiary/aromatic N) is 1. The van der Waals surface area contributed by atoms with E-state index >= 15 is 0 Å². The SMILES string of the molecule is O=C(COc1ccc(C(=O)N2CCOCC2)cc1)Nc1ccc(Oc2ccccc2)cc1. The molecule has 164 valence electrons. The highest BCUT2D eigenvalue weighted by molar-refractivity contribution is 5.94. The molecule has 1 heterocycles. The van der Waals surface area contributed by atoms with Crippen molar-refractivity contribution in [2.45, 2.75) is 0 Å². The van der Waals surface area contributed by atoms with Gasteiger partial charge in [0.05, 0.1) is 13.2 Å². The molecule has 1 saturated heterocycles. The number of carbonyl (C=O) groups is 2. The van der Waals surface area contributed by atoms with Gasteiger partial charge >= 0.3 is 0 Å². The number of ether oxygens (including phenoxy) is 3. The highest BCUT2D eigenvalue weighted by Crippen LogP contribution is 2.22. The van der Waals surface area contributed by atoms with Gasteiger partial charge in [0.2, 0.25) is 0 Å². The molecule has 7 heteroatoms. The lowest BCUT2D eigenvalue weighted by molar-refractivity contribution is -0.118. The van der Waals surface area contributed by atoms with E-state index in [1.165, 1.54) is 0 Å². The molecule has 3 aromatic rings.